The minimum absolute atomic E-state index is 0.0267. The van der Waals surface area contributed by atoms with Crippen molar-refractivity contribution in [2.45, 2.75) is 38.1 Å². The molecule has 0 spiro atoms. The van der Waals surface area contributed by atoms with Gasteiger partial charge < -0.3 is 14.8 Å². The molecule has 4 nitrogen and oxygen atoms in total. The molecule has 1 aliphatic rings. The number of hydrogen-bond acceptors (Lipinski definition) is 4. The average molecular weight is 309 g/mol. The monoisotopic (exact) mass is 308 g/mol. The highest BCUT2D eigenvalue weighted by molar-refractivity contribution is 6.32. The Hall–Kier alpha value is -1.60. The van der Waals surface area contributed by atoms with E-state index in [0.717, 1.165) is 31.4 Å². The minimum atomic E-state index is 0.0267. The Morgan fingerprint density at radius 2 is 1.86 bits per heavy atom. The zero-order valence-corrected chi connectivity index (χ0v) is 13.2. The lowest BCUT2D eigenvalue weighted by Gasteiger charge is -2.24. The van der Waals surface area contributed by atoms with Gasteiger partial charge in [0.1, 0.15) is 11.5 Å². The largest absolute Gasteiger partial charge is 0.495 e. The summed E-state index contributed by atoms with van der Waals surface area (Å²) in [7, 11) is 3.19. The van der Waals surface area contributed by atoms with Gasteiger partial charge in [0.05, 0.1) is 36.9 Å². The normalized spacial score (nSPS) is 22.0. The molecule has 0 amide bonds. The van der Waals surface area contributed by atoms with Crippen LogP contribution >= 0.6 is 11.6 Å². The number of hydrogen-bond donors (Lipinski definition) is 1. The smallest absolute Gasteiger partial charge is 0.143 e. The molecule has 1 N–H and O–H groups in total. The first-order chi connectivity index (χ1) is 10.2. The van der Waals surface area contributed by atoms with E-state index >= 15 is 0 Å². The van der Waals surface area contributed by atoms with Crippen LogP contribution in [-0.2, 0) is 0 Å². The summed E-state index contributed by atoms with van der Waals surface area (Å²) in [6.45, 7) is 0. The first-order valence-corrected chi connectivity index (χ1v) is 7.65. The molecule has 0 aliphatic heterocycles. The van der Waals surface area contributed by atoms with Gasteiger partial charge in [0.25, 0.3) is 0 Å². The standard InChI is InChI=1S/C16H21ClN2O2/c1-20-15-9-14(16(21-2)8-12(15)17)19-13-7-5-3-4-6-11(13)10-18/h8-9,11,13,19H,3-7H2,1-2H3. The maximum atomic E-state index is 9.37. The third-order valence-corrected chi connectivity index (χ3v) is 4.29. The van der Waals surface area contributed by atoms with Crippen LogP contribution in [0, 0.1) is 17.2 Å². The van der Waals surface area contributed by atoms with E-state index in [-0.39, 0.29) is 12.0 Å². The number of methoxy groups -OCH3 is 2. The van der Waals surface area contributed by atoms with Crippen molar-refractivity contribution in [2.75, 3.05) is 19.5 Å². The number of rotatable bonds is 4. The van der Waals surface area contributed by atoms with Gasteiger partial charge in [-0.2, -0.15) is 5.26 Å². The van der Waals surface area contributed by atoms with Crippen molar-refractivity contribution < 1.29 is 9.47 Å². The van der Waals surface area contributed by atoms with Crippen LogP contribution in [0.5, 0.6) is 11.5 Å². The van der Waals surface area contributed by atoms with Gasteiger partial charge in [-0.15, -0.1) is 0 Å². The lowest BCUT2D eigenvalue weighted by Crippen LogP contribution is -2.27. The summed E-state index contributed by atoms with van der Waals surface area (Å²) < 4.78 is 10.6. The van der Waals surface area contributed by atoms with Crippen LogP contribution in [0.15, 0.2) is 12.1 Å². The molecule has 5 heteroatoms. The van der Waals surface area contributed by atoms with Crippen LogP contribution in [0.3, 0.4) is 0 Å². The van der Waals surface area contributed by atoms with E-state index in [1.807, 2.05) is 6.07 Å². The zero-order valence-electron chi connectivity index (χ0n) is 12.5. The second kappa shape index (κ2) is 7.42. The summed E-state index contributed by atoms with van der Waals surface area (Å²) in [5.41, 5.74) is 0.825. The lowest BCUT2D eigenvalue weighted by atomic mass is 9.96. The molecular formula is C16H21ClN2O2. The molecule has 1 saturated carbocycles. The highest BCUT2D eigenvalue weighted by Gasteiger charge is 2.24. The van der Waals surface area contributed by atoms with Crippen molar-refractivity contribution in [3.8, 4) is 17.6 Å². The Bertz CT molecular complexity index is 528. The van der Waals surface area contributed by atoms with Gasteiger partial charge in [-0.1, -0.05) is 30.9 Å². The Morgan fingerprint density at radius 1 is 1.14 bits per heavy atom. The lowest BCUT2D eigenvalue weighted by molar-refractivity contribution is 0.403. The highest BCUT2D eigenvalue weighted by Crippen LogP contribution is 2.37. The molecule has 0 bridgehead atoms. The number of nitrogens with one attached hydrogen (secondary N) is 1. The number of halogens is 1. The van der Waals surface area contributed by atoms with Crippen molar-refractivity contribution >= 4 is 17.3 Å². The second-order valence-corrected chi connectivity index (χ2v) is 5.72. The van der Waals surface area contributed by atoms with E-state index in [2.05, 4.69) is 11.4 Å². The minimum Gasteiger partial charge on any atom is -0.495 e. The van der Waals surface area contributed by atoms with Crippen LogP contribution in [-0.4, -0.2) is 20.3 Å². The van der Waals surface area contributed by atoms with E-state index in [0.29, 0.717) is 16.5 Å². The maximum Gasteiger partial charge on any atom is 0.143 e. The van der Waals surface area contributed by atoms with Gasteiger partial charge >= 0.3 is 0 Å². The second-order valence-electron chi connectivity index (χ2n) is 5.31. The van der Waals surface area contributed by atoms with Crippen molar-refractivity contribution in [2.24, 2.45) is 5.92 Å². The molecule has 1 fully saturated rings. The molecule has 2 unspecified atom stereocenters. The van der Waals surface area contributed by atoms with E-state index < -0.39 is 0 Å². The quantitative estimate of drug-likeness (QED) is 0.845. The van der Waals surface area contributed by atoms with Crippen molar-refractivity contribution in [3.05, 3.63) is 17.2 Å². The summed E-state index contributed by atoms with van der Waals surface area (Å²) >= 11 is 6.12. The van der Waals surface area contributed by atoms with Gasteiger partial charge in [-0.25, -0.2) is 0 Å². The van der Waals surface area contributed by atoms with Crippen molar-refractivity contribution in [1.29, 1.82) is 5.26 Å². The summed E-state index contributed by atoms with van der Waals surface area (Å²) in [6.07, 6.45) is 5.39. The molecule has 1 aliphatic carbocycles. The Labute approximate surface area is 131 Å². The maximum absolute atomic E-state index is 9.37. The summed E-state index contributed by atoms with van der Waals surface area (Å²) in [6, 6.07) is 6.14. The Balaban J connectivity index is 2.26. The zero-order chi connectivity index (χ0) is 15.2. The third-order valence-electron chi connectivity index (χ3n) is 4.00. The molecule has 1 aromatic rings. The van der Waals surface area contributed by atoms with Gasteiger partial charge in [0.15, 0.2) is 0 Å². The first kappa shape index (κ1) is 15.8. The van der Waals surface area contributed by atoms with E-state index in [9.17, 15) is 5.26 Å². The van der Waals surface area contributed by atoms with Crippen LogP contribution in [0.4, 0.5) is 5.69 Å². The van der Waals surface area contributed by atoms with Crippen LogP contribution in [0.1, 0.15) is 32.1 Å². The molecule has 0 saturated heterocycles. The predicted octanol–water partition coefficient (Wildman–Crippen LogP) is 4.24. The van der Waals surface area contributed by atoms with Gasteiger partial charge in [-0.05, 0) is 12.8 Å². The molecular weight excluding hydrogens is 288 g/mol. The first-order valence-electron chi connectivity index (χ1n) is 7.27. The average Bonchev–Trinajstić information content (AvgIpc) is 2.73. The van der Waals surface area contributed by atoms with Crippen LogP contribution < -0.4 is 14.8 Å². The molecule has 0 heterocycles. The van der Waals surface area contributed by atoms with Gasteiger partial charge in [0.2, 0.25) is 0 Å². The number of nitriles is 1. The fraction of sp³-hybridized carbons (Fsp3) is 0.562. The molecule has 1 aromatic carbocycles. The molecule has 21 heavy (non-hydrogen) atoms. The Morgan fingerprint density at radius 3 is 2.52 bits per heavy atom. The molecule has 2 rings (SSSR count). The third kappa shape index (κ3) is 3.74. The van der Waals surface area contributed by atoms with E-state index in [1.165, 1.54) is 6.42 Å². The van der Waals surface area contributed by atoms with E-state index in [1.54, 1.807) is 20.3 Å². The van der Waals surface area contributed by atoms with Crippen molar-refractivity contribution in [3.63, 3.8) is 0 Å². The van der Waals surface area contributed by atoms with Crippen LogP contribution in [0.2, 0.25) is 5.02 Å². The number of anilines is 1. The summed E-state index contributed by atoms with van der Waals surface area (Å²) in [5.74, 6) is 1.29. The molecule has 0 radical (unpaired) electrons. The summed E-state index contributed by atoms with van der Waals surface area (Å²) in [5, 5.41) is 13.3. The number of ether oxygens (including phenoxy) is 2. The predicted molar refractivity (Wildman–Crippen MR) is 84.2 cm³/mol. The number of benzene rings is 1. The van der Waals surface area contributed by atoms with Crippen LogP contribution in [0.25, 0.3) is 0 Å². The SMILES string of the molecule is COc1cc(NC2CCCCCC2C#N)c(OC)cc1Cl. The van der Waals surface area contributed by atoms with Crippen molar-refractivity contribution in [1.82, 2.24) is 0 Å². The molecule has 2 atom stereocenters. The topological polar surface area (TPSA) is 54.3 Å². The fourth-order valence-electron chi connectivity index (χ4n) is 2.81. The molecule has 0 aromatic heterocycles. The molecule has 114 valence electrons. The number of nitrogens with zero attached hydrogens (tertiary/aromatic N) is 1. The van der Waals surface area contributed by atoms with Gasteiger partial charge in [-0.3, -0.25) is 0 Å². The Kier molecular flexibility index (Phi) is 5.58. The fourth-order valence-corrected chi connectivity index (χ4v) is 3.04. The summed E-state index contributed by atoms with van der Waals surface area (Å²) in [4.78, 5) is 0. The highest BCUT2D eigenvalue weighted by atomic mass is 35.5. The van der Waals surface area contributed by atoms with Gasteiger partial charge in [0, 0.05) is 18.2 Å². The van der Waals surface area contributed by atoms with E-state index in [4.69, 9.17) is 21.1 Å².